The van der Waals surface area contributed by atoms with Gasteiger partial charge in [0, 0.05) is 14.0 Å². The van der Waals surface area contributed by atoms with Crippen molar-refractivity contribution in [3.63, 3.8) is 0 Å². The molecule has 0 saturated heterocycles. The molecule has 21 heavy (non-hydrogen) atoms. The molecule has 0 saturated carbocycles. The van der Waals surface area contributed by atoms with E-state index in [9.17, 15) is 5.11 Å². The van der Waals surface area contributed by atoms with Crippen LogP contribution in [0.5, 0.6) is 5.75 Å². The van der Waals surface area contributed by atoms with Crippen molar-refractivity contribution in [2.45, 2.75) is 12.2 Å². The number of aliphatic hydroxyl groups excluding tert-OH is 1. The van der Waals surface area contributed by atoms with Gasteiger partial charge in [-0.15, -0.1) is 0 Å². The number of benzene rings is 2. The highest BCUT2D eigenvalue weighted by Gasteiger charge is 2.26. The van der Waals surface area contributed by atoms with Crippen LogP contribution in [0.4, 0.5) is 0 Å². The van der Waals surface area contributed by atoms with Crippen LogP contribution in [0.15, 0.2) is 51.4 Å². The molecular formula is C16H11Br2ClO2. The average Bonchev–Trinajstić information content (AvgIpc) is 2.44. The lowest BCUT2D eigenvalue weighted by Crippen LogP contribution is -2.26. The second-order valence-corrected chi connectivity index (χ2v) is 6.88. The molecule has 2 nitrogen and oxygen atoms in total. The van der Waals surface area contributed by atoms with E-state index in [1.165, 1.54) is 0 Å². The van der Waals surface area contributed by atoms with Crippen LogP contribution >= 0.6 is 43.5 Å². The van der Waals surface area contributed by atoms with Gasteiger partial charge in [0.2, 0.25) is 0 Å². The smallest absolute Gasteiger partial charge is 0.147 e. The van der Waals surface area contributed by atoms with Crippen molar-refractivity contribution >= 4 is 49.5 Å². The Balaban J connectivity index is 1.89. The zero-order valence-electron chi connectivity index (χ0n) is 10.8. The van der Waals surface area contributed by atoms with E-state index in [-0.39, 0.29) is 0 Å². The number of hydrogen-bond acceptors (Lipinski definition) is 2. The van der Waals surface area contributed by atoms with Gasteiger partial charge in [0.15, 0.2) is 0 Å². The van der Waals surface area contributed by atoms with Gasteiger partial charge in [0.25, 0.3) is 0 Å². The summed E-state index contributed by atoms with van der Waals surface area (Å²) in [5.41, 5.74) is 1.81. The van der Waals surface area contributed by atoms with Crippen LogP contribution in [0.2, 0.25) is 5.02 Å². The van der Waals surface area contributed by atoms with E-state index in [2.05, 4.69) is 31.9 Å². The Morgan fingerprint density at radius 2 is 1.86 bits per heavy atom. The van der Waals surface area contributed by atoms with Gasteiger partial charge in [-0.05, 0) is 79.4 Å². The summed E-state index contributed by atoms with van der Waals surface area (Å²) < 4.78 is 7.68. The lowest BCUT2D eigenvalue weighted by atomic mass is 9.93. The molecule has 1 aliphatic rings. The third-order valence-electron chi connectivity index (χ3n) is 3.29. The third-order valence-corrected chi connectivity index (χ3v) is 5.37. The second-order valence-electron chi connectivity index (χ2n) is 4.74. The average molecular weight is 431 g/mol. The Hall–Kier alpha value is -0.810. The van der Waals surface area contributed by atoms with Crippen LogP contribution in [0, 0.1) is 0 Å². The summed E-state index contributed by atoms with van der Waals surface area (Å²) in [7, 11) is 0. The van der Waals surface area contributed by atoms with Crippen LogP contribution in [0.1, 0.15) is 17.2 Å². The molecule has 5 heteroatoms. The van der Waals surface area contributed by atoms with E-state index >= 15 is 0 Å². The van der Waals surface area contributed by atoms with Gasteiger partial charge >= 0.3 is 0 Å². The van der Waals surface area contributed by atoms with Crippen LogP contribution in [-0.2, 0) is 0 Å². The largest absolute Gasteiger partial charge is 0.483 e. The van der Waals surface area contributed by atoms with Crippen molar-refractivity contribution in [2.75, 3.05) is 0 Å². The molecule has 1 aliphatic carbocycles. The third kappa shape index (κ3) is 3.19. The lowest BCUT2D eigenvalue weighted by Gasteiger charge is -2.27. The molecule has 0 aliphatic heterocycles. The van der Waals surface area contributed by atoms with E-state index in [0.29, 0.717) is 10.8 Å². The minimum Gasteiger partial charge on any atom is -0.483 e. The maximum absolute atomic E-state index is 10.5. The highest BCUT2D eigenvalue weighted by atomic mass is 79.9. The summed E-state index contributed by atoms with van der Waals surface area (Å²) in [4.78, 5) is 0. The van der Waals surface area contributed by atoms with Gasteiger partial charge in [-0.3, -0.25) is 0 Å². The number of rotatable bonds is 2. The first-order valence-electron chi connectivity index (χ1n) is 6.32. The number of ether oxygens (including phenoxy) is 1. The quantitative estimate of drug-likeness (QED) is 0.694. The second kappa shape index (κ2) is 6.13. The van der Waals surface area contributed by atoms with Gasteiger partial charge in [0.05, 0.1) is 0 Å². The molecule has 108 valence electrons. The van der Waals surface area contributed by atoms with E-state index in [1.807, 2.05) is 36.4 Å². The molecule has 0 aromatic heterocycles. The van der Waals surface area contributed by atoms with Gasteiger partial charge in [-0.25, -0.2) is 0 Å². The van der Waals surface area contributed by atoms with E-state index in [4.69, 9.17) is 16.3 Å². The molecule has 2 aromatic carbocycles. The lowest BCUT2D eigenvalue weighted by molar-refractivity contribution is 0.0623. The molecule has 0 fully saturated rings. The highest BCUT2D eigenvalue weighted by molar-refractivity contribution is 9.13. The van der Waals surface area contributed by atoms with Gasteiger partial charge in [0.1, 0.15) is 18.0 Å². The summed E-state index contributed by atoms with van der Waals surface area (Å²) in [5.74, 6) is 0.635. The van der Waals surface area contributed by atoms with Crippen LogP contribution in [0.25, 0.3) is 6.08 Å². The van der Waals surface area contributed by atoms with Crippen molar-refractivity contribution in [2.24, 2.45) is 0 Å². The van der Waals surface area contributed by atoms with Gasteiger partial charge in [-0.2, -0.15) is 0 Å². The fourth-order valence-corrected chi connectivity index (χ4v) is 3.16. The summed E-state index contributed by atoms with van der Waals surface area (Å²) in [6.07, 6.45) is 2.64. The highest BCUT2D eigenvalue weighted by Crippen LogP contribution is 2.36. The topological polar surface area (TPSA) is 29.5 Å². The van der Waals surface area contributed by atoms with Crippen molar-refractivity contribution < 1.29 is 9.84 Å². The van der Waals surface area contributed by atoms with Crippen LogP contribution in [-0.4, -0.2) is 11.2 Å². The SMILES string of the molecule is O[C@H]1c2cc(Br)c(Br)cc2C=C[C@@H]1Oc1cccc(Cl)c1. The maximum Gasteiger partial charge on any atom is 0.147 e. The minimum atomic E-state index is -0.728. The summed E-state index contributed by atoms with van der Waals surface area (Å²) in [5, 5.41) is 11.1. The monoisotopic (exact) mass is 428 g/mol. The first-order chi connectivity index (χ1) is 10.0. The van der Waals surface area contributed by atoms with Crippen molar-refractivity contribution in [3.05, 3.63) is 67.6 Å². The van der Waals surface area contributed by atoms with Crippen molar-refractivity contribution in [3.8, 4) is 5.75 Å². The Morgan fingerprint density at radius 3 is 2.62 bits per heavy atom. The zero-order valence-corrected chi connectivity index (χ0v) is 14.7. The summed E-state index contributed by atoms with van der Waals surface area (Å²) >= 11 is 12.9. The Bertz CT molecular complexity index is 715. The molecule has 0 heterocycles. The van der Waals surface area contributed by atoms with Crippen LogP contribution < -0.4 is 4.74 Å². The normalized spacial score (nSPS) is 20.2. The number of hydrogen-bond donors (Lipinski definition) is 1. The van der Waals surface area contributed by atoms with Gasteiger partial charge < -0.3 is 9.84 Å². The molecule has 2 atom stereocenters. The molecule has 0 radical (unpaired) electrons. The van der Waals surface area contributed by atoms with E-state index in [1.54, 1.807) is 12.1 Å². The van der Waals surface area contributed by atoms with E-state index < -0.39 is 12.2 Å². The summed E-state index contributed by atoms with van der Waals surface area (Å²) in [6.45, 7) is 0. The Kier molecular flexibility index (Phi) is 4.41. The van der Waals surface area contributed by atoms with E-state index in [0.717, 1.165) is 20.1 Å². The fraction of sp³-hybridized carbons (Fsp3) is 0.125. The first-order valence-corrected chi connectivity index (χ1v) is 8.28. The Labute approximate surface area is 144 Å². The molecule has 0 spiro atoms. The molecule has 0 bridgehead atoms. The summed E-state index contributed by atoms with van der Waals surface area (Å²) in [6, 6.07) is 11.0. The first kappa shape index (κ1) is 15.1. The molecule has 0 unspecified atom stereocenters. The number of fused-ring (bicyclic) bond motifs is 1. The minimum absolute atomic E-state index is 0.441. The molecule has 1 N–H and O–H groups in total. The van der Waals surface area contributed by atoms with Crippen LogP contribution in [0.3, 0.4) is 0 Å². The zero-order chi connectivity index (χ0) is 15.0. The number of halogens is 3. The number of aliphatic hydroxyl groups is 1. The molecule has 2 aromatic rings. The molecule has 3 rings (SSSR count). The maximum atomic E-state index is 10.5. The molecule has 0 amide bonds. The van der Waals surface area contributed by atoms with Crippen molar-refractivity contribution in [1.29, 1.82) is 0 Å². The van der Waals surface area contributed by atoms with Gasteiger partial charge in [-0.1, -0.05) is 23.7 Å². The Morgan fingerprint density at radius 1 is 1.10 bits per heavy atom. The predicted molar refractivity (Wildman–Crippen MR) is 91.7 cm³/mol. The fourth-order valence-electron chi connectivity index (χ4n) is 2.26. The standard InChI is InChI=1S/C16H11Br2ClO2/c17-13-6-9-4-5-15(16(20)12(9)8-14(13)18)21-11-3-1-2-10(19)7-11/h1-8,15-16,20H/t15-,16-/m0/s1. The molecular weight excluding hydrogens is 419 g/mol. The predicted octanol–water partition coefficient (Wildman–Crippen LogP) is 5.37. The van der Waals surface area contributed by atoms with Crippen molar-refractivity contribution in [1.82, 2.24) is 0 Å².